The van der Waals surface area contributed by atoms with Crippen LogP contribution in [0.2, 0.25) is 0 Å². The molecule has 4 nitrogen and oxygen atoms in total. The number of nitrogens with zero attached hydrogens (tertiary/aromatic N) is 1. The van der Waals surface area contributed by atoms with E-state index in [1.165, 1.54) is 11.6 Å². The van der Waals surface area contributed by atoms with E-state index >= 15 is 0 Å². The zero-order valence-electron chi connectivity index (χ0n) is 23.7. The lowest BCUT2D eigenvalue weighted by molar-refractivity contribution is 0.102. The first kappa shape index (κ1) is 27.6. The summed E-state index contributed by atoms with van der Waals surface area (Å²) < 4.78 is 20.6. The Balaban J connectivity index is 1.37. The molecule has 1 aliphatic rings. The number of carbonyl (C=O) groups excluding carboxylic acids is 1. The van der Waals surface area contributed by atoms with E-state index < -0.39 is 0 Å². The molecule has 5 rings (SSSR count). The minimum atomic E-state index is -0.279. The third-order valence-electron chi connectivity index (χ3n) is 7.56. The largest absolute Gasteiger partial charge is 0.490 e. The molecule has 0 radical (unpaired) electrons. The minimum Gasteiger partial charge on any atom is -0.490 e. The molecule has 1 saturated heterocycles. The molecule has 4 aromatic rings. The van der Waals surface area contributed by atoms with Gasteiger partial charge >= 0.3 is 0 Å². The molecule has 0 saturated carbocycles. The molecule has 1 aliphatic heterocycles. The summed E-state index contributed by atoms with van der Waals surface area (Å²) in [6, 6.07) is 28.2. The number of anilines is 1. The third kappa shape index (κ3) is 6.60. The highest BCUT2D eigenvalue weighted by atomic mass is 19.1. The zero-order valence-corrected chi connectivity index (χ0v) is 23.7. The predicted molar refractivity (Wildman–Crippen MR) is 162 cm³/mol. The Hall–Kier alpha value is -3.96. The molecule has 0 bridgehead atoms. The normalized spacial score (nSPS) is 14.6. The van der Waals surface area contributed by atoms with Crippen LogP contribution in [0.15, 0.2) is 91.0 Å². The molecular weight excluding hydrogens is 499 g/mol. The maximum absolute atomic E-state index is 14.2. The number of hydrogen-bond donors (Lipinski definition) is 1. The van der Waals surface area contributed by atoms with Crippen molar-refractivity contribution in [2.24, 2.45) is 0 Å². The number of nitrogens with one attached hydrogen (secondary N) is 1. The summed E-state index contributed by atoms with van der Waals surface area (Å²) in [5.41, 5.74) is 6.18. The SMILES string of the molecule is CN1CCC(Oc2ccc(-c3ccc(NC(=O)c4ccc(C(C)(C)C)cc4)cc3)c(-c3cccc(F)c3)c2)CC1. The molecule has 206 valence electrons. The van der Waals surface area contributed by atoms with Crippen LogP contribution in [0, 0.1) is 5.82 Å². The number of benzene rings is 4. The highest BCUT2D eigenvalue weighted by molar-refractivity contribution is 6.04. The average molecular weight is 537 g/mol. The van der Waals surface area contributed by atoms with Gasteiger partial charge in [-0.3, -0.25) is 4.79 Å². The standard InChI is InChI=1S/C35H37FN2O2/c1-35(2,3)27-12-8-25(9-13-27)34(39)37-29-14-10-24(11-15-29)32-17-16-31(40-30-18-20-38(4)21-19-30)23-33(32)26-6-5-7-28(36)22-26/h5-17,22-23,30H,18-21H2,1-4H3,(H,37,39). The minimum absolute atomic E-state index is 0.0342. The number of likely N-dealkylation sites (tertiary alicyclic amines) is 1. The third-order valence-corrected chi connectivity index (χ3v) is 7.56. The Kier molecular flexibility index (Phi) is 8.04. The fraction of sp³-hybridized carbons (Fsp3) is 0.286. The van der Waals surface area contributed by atoms with Gasteiger partial charge in [0, 0.05) is 24.3 Å². The van der Waals surface area contributed by atoms with Crippen LogP contribution in [0.1, 0.15) is 49.5 Å². The van der Waals surface area contributed by atoms with Gasteiger partial charge in [0.05, 0.1) is 0 Å². The van der Waals surface area contributed by atoms with Crippen LogP contribution in [-0.2, 0) is 5.41 Å². The Morgan fingerprint density at radius 3 is 2.20 bits per heavy atom. The molecule has 1 amide bonds. The van der Waals surface area contributed by atoms with Crippen LogP contribution in [0.3, 0.4) is 0 Å². The fourth-order valence-electron chi connectivity index (χ4n) is 5.10. The topological polar surface area (TPSA) is 41.6 Å². The van der Waals surface area contributed by atoms with Gasteiger partial charge < -0.3 is 15.0 Å². The first-order chi connectivity index (χ1) is 19.2. The first-order valence-corrected chi connectivity index (χ1v) is 13.9. The molecule has 4 aromatic carbocycles. The zero-order chi connectivity index (χ0) is 28.3. The molecule has 5 heteroatoms. The molecule has 1 heterocycles. The summed E-state index contributed by atoms with van der Waals surface area (Å²) in [7, 11) is 2.13. The number of hydrogen-bond acceptors (Lipinski definition) is 3. The van der Waals surface area contributed by atoms with E-state index in [0.717, 1.165) is 53.9 Å². The van der Waals surface area contributed by atoms with Crippen molar-refractivity contribution >= 4 is 11.6 Å². The van der Waals surface area contributed by atoms with E-state index in [0.29, 0.717) is 11.3 Å². The maximum Gasteiger partial charge on any atom is 0.255 e. The fourth-order valence-corrected chi connectivity index (χ4v) is 5.10. The molecule has 40 heavy (non-hydrogen) atoms. The Bertz CT molecular complexity index is 1470. The van der Waals surface area contributed by atoms with E-state index in [9.17, 15) is 9.18 Å². The molecule has 0 unspecified atom stereocenters. The monoisotopic (exact) mass is 536 g/mol. The lowest BCUT2D eigenvalue weighted by atomic mass is 9.87. The molecule has 0 aromatic heterocycles. The van der Waals surface area contributed by atoms with E-state index in [4.69, 9.17) is 4.74 Å². The second-order valence-electron chi connectivity index (χ2n) is 11.7. The van der Waals surface area contributed by atoms with E-state index in [1.54, 1.807) is 12.1 Å². The summed E-state index contributed by atoms with van der Waals surface area (Å²) >= 11 is 0. The van der Waals surface area contributed by atoms with Gasteiger partial charge in [-0.05, 0) is 102 Å². The Labute approximate surface area is 236 Å². The first-order valence-electron chi connectivity index (χ1n) is 13.9. The van der Waals surface area contributed by atoms with Crippen molar-refractivity contribution in [3.05, 3.63) is 108 Å². The summed E-state index contributed by atoms with van der Waals surface area (Å²) in [5.74, 6) is 0.363. The molecule has 1 fully saturated rings. The highest BCUT2D eigenvalue weighted by Crippen LogP contribution is 2.36. The quantitative estimate of drug-likeness (QED) is 0.270. The van der Waals surface area contributed by atoms with Gasteiger partial charge in [0.25, 0.3) is 5.91 Å². The summed E-state index contributed by atoms with van der Waals surface area (Å²) in [5, 5.41) is 2.99. The van der Waals surface area contributed by atoms with Crippen LogP contribution in [0.4, 0.5) is 10.1 Å². The maximum atomic E-state index is 14.2. The van der Waals surface area contributed by atoms with Crippen LogP contribution >= 0.6 is 0 Å². The molecule has 1 N–H and O–H groups in total. The number of ether oxygens (including phenoxy) is 1. The van der Waals surface area contributed by atoms with Crippen molar-refractivity contribution < 1.29 is 13.9 Å². The van der Waals surface area contributed by atoms with Gasteiger partial charge in [-0.1, -0.05) is 63.2 Å². The van der Waals surface area contributed by atoms with Crippen LogP contribution < -0.4 is 10.1 Å². The van der Waals surface area contributed by atoms with Gasteiger partial charge in [0.1, 0.15) is 17.7 Å². The van der Waals surface area contributed by atoms with Gasteiger partial charge in [0.2, 0.25) is 0 Å². The molecule has 0 spiro atoms. The van der Waals surface area contributed by atoms with Crippen molar-refractivity contribution in [1.29, 1.82) is 0 Å². The van der Waals surface area contributed by atoms with Gasteiger partial charge in [-0.25, -0.2) is 4.39 Å². The number of rotatable bonds is 6. The van der Waals surface area contributed by atoms with Crippen molar-refractivity contribution in [3.8, 4) is 28.0 Å². The predicted octanol–water partition coefficient (Wildman–Crippen LogP) is 8.18. The second-order valence-corrected chi connectivity index (χ2v) is 11.7. The number of piperidine rings is 1. The Morgan fingerprint density at radius 2 is 1.55 bits per heavy atom. The number of halogens is 1. The van der Waals surface area contributed by atoms with E-state index in [2.05, 4.69) is 38.0 Å². The highest BCUT2D eigenvalue weighted by Gasteiger charge is 2.19. The second kappa shape index (κ2) is 11.6. The van der Waals surface area contributed by atoms with Crippen molar-refractivity contribution in [3.63, 3.8) is 0 Å². The summed E-state index contributed by atoms with van der Waals surface area (Å²) in [4.78, 5) is 15.2. The summed E-state index contributed by atoms with van der Waals surface area (Å²) in [6.45, 7) is 8.49. The van der Waals surface area contributed by atoms with E-state index in [-0.39, 0.29) is 23.2 Å². The van der Waals surface area contributed by atoms with Crippen molar-refractivity contribution in [2.45, 2.75) is 45.1 Å². The van der Waals surface area contributed by atoms with Crippen LogP contribution in [0.5, 0.6) is 5.75 Å². The molecule has 0 aliphatic carbocycles. The Morgan fingerprint density at radius 1 is 0.850 bits per heavy atom. The lowest BCUT2D eigenvalue weighted by Crippen LogP contribution is -2.35. The van der Waals surface area contributed by atoms with Crippen molar-refractivity contribution in [2.75, 3.05) is 25.5 Å². The molecule has 0 atom stereocenters. The van der Waals surface area contributed by atoms with E-state index in [1.807, 2.05) is 72.8 Å². The average Bonchev–Trinajstić information content (AvgIpc) is 2.94. The summed E-state index contributed by atoms with van der Waals surface area (Å²) in [6.07, 6.45) is 2.15. The van der Waals surface area contributed by atoms with Crippen LogP contribution in [-0.4, -0.2) is 37.0 Å². The van der Waals surface area contributed by atoms with Crippen molar-refractivity contribution in [1.82, 2.24) is 4.90 Å². The van der Waals surface area contributed by atoms with Gasteiger partial charge in [-0.2, -0.15) is 0 Å². The number of carbonyl (C=O) groups is 1. The molecular formula is C35H37FN2O2. The lowest BCUT2D eigenvalue weighted by Gasteiger charge is -2.29. The van der Waals surface area contributed by atoms with Crippen LogP contribution in [0.25, 0.3) is 22.3 Å². The smallest absolute Gasteiger partial charge is 0.255 e. The number of amides is 1. The van der Waals surface area contributed by atoms with Gasteiger partial charge in [-0.15, -0.1) is 0 Å². The van der Waals surface area contributed by atoms with Gasteiger partial charge in [0.15, 0.2) is 0 Å².